The van der Waals surface area contributed by atoms with Gasteiger partial charge in [0.2, 0.25) is 17.7 Å². The van der Waals surface area contributed by atoms with Gasteiger partial charge in [-0.3, -0.25) is 29.3 Å². The van der Waals surface area contributed by atoms with E-state index in [-0.39, 0.29) is 54.0 Å². The summed E-state index contributed by atoms with van der Waals surface area (Å²) in [6.45, 7) is 0.0836. The molecule has 4 aromatic rings. The van der Waals surface area contributed by atoms with Gasteiger partial charge in [0, 0.05) is 42.6 Å². The minimum absolute atomic E-state index is 0.0550. The lowest BCUT2D eigenvalue weighted by Gasteiger charge is -2.45. The maximum atomic E-state index is 14.0. The average molecular weight is 600 g/mol. The molecule has 10 nitrogen and oxygen atoms in total. The molecule has 2 aliphatic heterocycles. The van der Waals surface area contributed by atoms with E-state index < -0.39 is 28.6 Å². The van der Waals surface area contributed by atoms with Gasteiger partial charge in [-0.05, 0) is 58.7 Å². The molecule has 3 aliphatic carbocycles. The Balaban J connectivity index is 0.997. The minimum atomic E-state index is -0.726. The quantitative estimate of drug-likeness (QED) is 0.104. The number of imide groups is 1. The van der Waals surface area contributed by atoms with E-state index >= 15 is 0 Å². The normalized spacial score (nSPS) is 24.4. The molecule has 222 valence electrons. The number of hydrogen-bond donors (Lipinski definition) is 0. The molecule has 3 atom stereocenters. The Morgan fingerprint density at radius 3 is 1.69 bits per heavy atom. The van der Waals surface area contributed by atoms with Gasteiger partial charge in [-0.2, -0.15) is 0 Å². The van der Waals surface area contributed by atoms with E-state index in [1.54, 1.807) is 24.3 Å². The number of amides is 3. The highest BCUT2D eigenvalue weighted by atomic mass is 16.6. The first-order valence-electron chi connectivity index (χ1n) is 14.7. The summed E-state index contributed by atoms with van der Waals surface area (Å²) >= 11 is 0. The summed E-state index contributed by atoms with van der Waals surface area (Å²) < 4.78 is 5.58. The van der Waals surface area contributed by atoms with Crippen molar-refractivity contribution in [2.75, 3.05) is 16.3 Å². The summed E-state index contributed by atoms with van der Waals surface area (Å²) in [7, 11) is 0. The second kappa shape index (κ2) is 9.95. The van der Waals surface area contributed by atoms with Crippen LogP contribution in [-0.4, -0.2) is 35.2 Å². The molecule has 0 radical (unpaired) electrons. The van der Waals surface area contributed by atoms with Gasteiger partial charge in [0.05, 0.1) is 28.4 Å². The number of ether oxygens (including phenoxy) is 1. The van der Waals surface area contributed by atoms with Gasteiger partial charge in [-0.25, -0.2) is 4.90 Å². The molecule has 5 aliphatic rings. The van der Waals surface area contributed by atoms with E-state index in [1.807, 2.05) is 24.3 Å². The van der Waals surface area contributed by atoms with Crippen molar-refractivity contribution >= 4 is 40.8 Å². The van der Waals surface area contributed by atoms with Crippen LogP contribution in [0.1, 0.15) is 40.5 Å². The van der Waals surface area contributed by atoms with E-state index in [0.29, 0.717) is 11.4 Å². The lowest BCUT2D eigenvalue weighted by Crippen LogP contribution is -2.41. The molecule has 2 saturated heterocycles. The molecule has 2 fully saturated rings. The molecule has 2 bridgehead atoms. The maximum absolute atomic E-state index is 14.0. The van der Waals surface area contributed by atoms with Crippen molar-refractivity contribution in [3.8, 4) is 5.75 Å². The molecule has 3 amide bonds. The summed E-state index contributed by atoms with van der Waals surface area (Å²) in [6.07, 6.45) is -0.0550. The fraction of sp³-hybridized carbons (Fsp3) is 0.200. The summed E-state index contributed by atoms with van der Waals surface area (Å²) in [5, 5.41) is 10.9. The molecule has 0 unspecified atom stereocenters. The lowest BCUT2D eigenvalue weighted by atomic mass is 9.55. The number of esters is 1. The molecule has 0 N–H and O–H groups in total. The highest BCUT2D eigenvalue weighted by molar-refractivity contribution is 6.23. The number of nitrogens with zero attached hydrogens (tertiary/aromatic N) is 3. The topological polar surface area (TPSA) is 127 Å². The number of carbonyl (C=O) groups excluding carboxylic acids is 4. The maximum Gasteiger partial charge on any atom is 0.316 e. The van der Waals surface area contributed by atoms with Gasteiger partial charge in [-0.15, -0.1) is 0 Å². The van der Waals surface area contributed by atoms with Crippen LogP contribution in [-0.2, 0) is 19.2 Å². The average Bonchev–Trinajstić information content (AvgIpc) is 3.58. The molecule has 9 rings (SSSR count). The second-order valence-corrected chi connectivity index (χ2v) is 11.9. The van der Waals surface area contributed by atoms with E-state index in [0.717, 1.165) is 22.3 Å². The fourth-order valence-corrected chi connectivity index (χ4v) is 7.66. The molecule has 4 aromatic carbocycles. The Hall–Kier alpha value is -5.64. The number of non-ortho nitro benzene ring substituents is 1. The fourth-order valence-electron chi connectivity index (χ4n) is 7.66. The van der Waals surface area contributed by atoms with Gasteiger partial charge >= 0.3 is 5.97 Å². The van der Waals surface area contributed by atoms with Crippen LogP contribution in [0.15, 0.2) is 97.1 Å². The molecule has 2 heterocycles. The van der Waals surface area contributed by atoms with Crippen molar-refractivity contribution in [1.82, 2.24) is 0 Å². The highest BCUT2D eigenvalue weighted by Crippen LogP contribution is 2.61. The summed E-state index contributed by atoms with van der Waals surface area (Å²) in [5.74, 6) is -3.24. The van der Waals surface area contributed by atoms with Crippen LogP contribution >= 0.6 is 0 Å². The minimum Gasteiger partial charge on any atom is -0.426 e. The number of anilines is 2. The van der Waals surface area contributed by atoms with Gasteiger partial charge in [0.25, 0.3) is 5.69 Å². The van der Waals surface area contributed by atoms with Gasteiger partial charge in [0.15, 0.2) is 0 Å². The smallest absolute Gasteiger partial charge is 0.316 e. The van der Waals surface area contributed by atoms with Crippen LogP contribution in [0.2, 0.25) is 0 Å². The van der Waals surface area contributed by atoms with Crippen LogP contribution in [0.4, 0.5) is 17.1 Å². The number of hydrogen-bond acceptors (Lipinski definition) is 7. The van der Waals surface area contributed by atoms with Crippen molar-refractivity contribution in [2.24, 2.45) is 17.8 Å². The molecule has 0 aromatic heterocycles. The first kappa shape index (κ1) is 26.9. The van der Waals surface area contributed by atoms with Crippen LogP contribution < -0.4 is 14.5 Å². The summed E-state index contributed by atoms with van der Waals surface area (Å²) in [5.41, 5.74) is 5.19. The lowest BCUT2D eigenvalue weighted by molar-refractivity contribution is -0.384. The van der Waals surface area contributed by atoms with Crippen molar-refractivity contribution < 1.29 is 28.8 Å². The van der Waals surface area contributed by atoms with Crippen molar-refractivity contribution in [1.29, 1.82) is 0 Å². The highest BCUT2D eigenvalue weighted by Gasteiger charge is 2.61. The first-order valence-corrected chi connectivity index (χ1v) is 14.7. The van der Waals surface area contributed by atoms with E-state index in [9.17, 15) is 29.3 Å². The largest absolute Gasteiger partial charge is 0.426 e. The Morgan fingerprint density at radius 2 is 1.20 bits per heavy atom. The van der Waals surface area contributed by atoms with Crippen molar-refractivity contribution in [3.05, 3.63) is 129 Å². The Bertz CT molecular complexity index is 1820. The SMILES string of the molecule is O=C(Oc1ccc(N2C(=O)[C@@H]3C4c5ccccc5C(c5ccccc54)[C@H]3C2=O)cc1)[C@@H]1CC(=O)N(c2ccc([N+](=O)[O-])cc2)C1. The first-order chi connectivity index (χ1) is 21.8. The molecule has 0 spiro atoms. The third kappa shape index (κ3) is 4.02. The van der Waals surface area contributed by atoms with Crippen molar-refractivity contribution in [2.45, 2.75) is 18.3 Å². The zero-order valence-corrected chi connectivity index (χ0v) is 23.7. The number of nitro groups is 1. The van der Waals surface area contributed by atoms with Gasteiger partial charge in [-0.1, -0.05) is 48.5 Å². The molecule has 45 heavy (non-hydrogen) atoms. The predicted octanol–water partition coefficient (Wildman–Crippen LogP) is 4.95. The molecule has 10 heteroatoms. The van der Waals surface area contributed by atoms with E-state index in [2.05, 4.69) is 24.3 Å². The Kier molecular flexibility index (Phi) is 5.96. The monoisotopic (exact) mass is 599 g/mol. The van der Waals surface area contributed by atoms with Crippen LogP contribution in [0.25, 0.3) is 0 Å². The zero-order valence-electron chi connectivity index (χ0n) is 23.7. The molecular weight excluding hydrogens is 574 g/mol. The molecule has 0 saturated carbocycles. The summed E-state index contributed by atoms with van der Waals surface area (Å²) in [4.78, 5) is 66.7. The Labute approximate surface area is 257 Å². The second-order valence-electron chi connectivity index (χ2n) is 11.9. The number of nitro benzene ring substituents is 1. The zero-order chi connectivity index (χ0) is 31.0. The number of rotatable bonds is 5. The number of benzene rings is 4. The van der Waals surface area contributed by atoms with Crippen LogP contribution in [0.5, 0.6) is 5.75 Å². The molecular formula is C35H25N3O7. The van der Waals surface area contributed by atoms with Crippen molar-refractivity contribution in [3.63, 3.8) is 0 Å². The summed E-state index contributed by atoms with van der Waals surface area (Å²) in [6, 6.07) is 28.0. The number of carbonyl (C=O) groups is 4. The Morgan fingerprint density at radius 1 is 0.711 bits per heavy atom. The van der Waals surface area contributed by atoms with Gasteiger partial charge in [0.1, 0.15) is 5.75 Å². The predicted molar refractivity (Wildman–Crippen MR) is 162 cm³/mol. The third-order valence-corrected chi connectivity index (χ3v) is 9.59. The van der Waals surface area contributed by atoms with Crippen LogP contribution in [0, 0.1) is 27.9 Å². The van der Waals surface area contributed by atoms with E-state index in [4.69, 9.17) is 4.74 Å². The third-order valence-electron chi connectivity index (χ3n) is 9.59. The van der Waals surface area contributed by atoms with Gasteiger partial charge < -0.3 is 9.64 Å². The van der Waals surface area contributed by atoms with Crippen LogP contribution in [0.3, 0.4) is 0 Å². The standard InChI is InChI=1S/C35H25N3O7/c39-28-17-19(18-36(28)20-9-11-22(12-10-20)38(43)44)35(42)45-23-15-13-21(14-16-23)37-33(40)31-29-24-5-1-2-6-25(24)30(32(31)34(37)41)27-8-4-3-7-26(27)29/h1-16,19,29-32H,17-18H2/t19-,29?,30?,31-,32-/m1/s1. The van der Waals surface area contributed by atoms with E-state index in [1.165, 1.54) is 34.1 Å².